The first-order valence-electron chi connectivity index (χ1n) is 6.00. The second kappa shape index (κ2) is 5.34. The summed E-state index contributed by atoms with van der Waals surface area (Å²) in [6.45, 7) is 4.15. The highest BCUT2D eigenvalue weighted by Crippen LogP contribution is 2.28. The Morgan fingerprint density at radius 1 is 1.67 bits per heavy atom. The molecule has 98 valence electrons. The third-order valence-electron chi connectivity index (χ3n) is 2.78. The summed E-state index contributed by atoms with van der Waals surface area (Å²) in [6.07, 6.45) is 4.88. The molecule has 0 saturated carbocycles. The zero-order valence-corrected chi connectivity index (χ0v) is 11.2. The number of thiazole rings is 1. The van der Waals surface area contributed by atoms with Gasteiger partial charge in [0.25, 0.3) is 4.96 Å². The summed E-state index contributed by atoms with van der Waals surface area (Å²) in [7, 11) is 0. The first kappa shape index (κ1) is 12.8. The molecule has 2 heterocycles. The number of unbranched alkanes of at least 4 members (excludes halogenated alkanes) is 1. The van der Waals surface area contributed by atoms with Crippen molar-refractivity contribution >= 4 is 27.9 Å². The first-order valence-corrected chi connectivity index (χ1v) is 6.88. The van der Waals surface area contributed by atoms with E-state index in [1.54, 1.807) is 11.6 Å². The third kappa shape index (κ3) is 2.45. The number of aromatic nitrogens is 2. The van der Waals surface area contributed by atoms with Crippen molar-refractivity contribution in [3.63, 3.8) is 0 Å². The Bertz CT molecular complexity index is 548. The van der Waals surface area contributed by atoms with Crippen molar-refractivity contribution in [2.75, 3.05) is 5.32 Å². The van der Waals surface area contributed by atoms with E-state index >= 15 is 0 Å². The fourth-order valence-corrected chi connectivity index (χ4v) is 2.57. The zero-order chi connectivity index (χ0) is 13.1. The number of hydrogen-bond donors (Lipinski definition) is 1. The highest BCUT2D eigenvalue weighted by molar-refractivity contribution is 7.15. The number of hydrogen-bond acceptors (Lipinski definition) is 5. The SMILES string of the molecule is CCCCC(C)Nc1nc2sccn2c1[N+](=O)[O-]. The zero-order valence-electron chi connectivity index (χ0n) is 10.4. The fourth-order valence-electron chi connectivity index (χ4n) is 1.86. The van der Waals surface area contributed by atoms with Crippen molar-refractivity contribution in [3.8, 4) is 0 Å². The molecule has 7 heteroatoms. The molecule has 0 amide bonds. The third-order valence-corrected chi connectivity index (χ3v) is 3.54. The summed E-state index contributed by atoms with van der Waals surface area (Å²) in [4.78, 5) is 15.6. The predicted molar refractivity (Wildman–Crippen MR) is 72.3 cm³/mol. The number of fused-ring (bicyclic) bond motifs is 1. The number of nitrogens with zero attached hydrogens (tertiary/aromatic N) is 3. The molecule has 1 N–H and O–H groups in total. The Morgan fingerprint density at radius 3 is 3.11 bits per heavy atom. The summed E-state index contributed by atoms with van der Waals surface area (Å²) >= 11 is 1.39. The molecule has 0 spiro atoms. The lowest BCUT2D eigenvalue weighted by atomic mass is 10.1. The van der Waals surface area contributed by atoms with Gasteiger partial charge in [-0.05, 0) is 18.3 Å². The second-order valence-corrected chi connectivity index (χ2v) is 5.16. The number of nitro groups is 1. The molecule has 2 aromatic heterocycles. The van der Waals surface area contributed by atoms with Crippen LogP contribution in [-0.2, 0) is 0 Å². The van der Waals surface area contributed by atoms with Gasteiger partial charge in [0, 0.05) is 11.4 Å². The number of anilines is 1. The molecule has 0 aliphatic heterocycles. The van der Waals surface area contributed by atoms with Gasteiger partial charge < -0.3 is 15.4 Å². The van der Waals surface area contributed by atoms with Crippen molar-refractivity contribution in [2.24, 2.45) is 0 Å². The Hall–Kier alpha value is -1.63. The fraction of sp³-hybridized carbons (Fsp3) is 0.545. The maximum Gasteiger partial charge on any atom is 0.372 e. The standard InChI is InChI=1S/C11H16N4O2S/c1-3-4-5-8(2)12-9-10(15(16)17)14-6-7-18-11(14)13-9/h6-8,12H,3-5H2,1-2H3. The molecular weight excluding hydrogens is 252 g/mol. The van der Waals surface area contributed by atoms with Crippen LogP contribution < -0.4 is 5.32 Å². The lowest BCUT2D eigenvalue weighted by Crippen LogP contribution is -2.16. The van der Waals surface area contributed by atoms with Gasteiger partial charge in [-0.1, -0.05) is 31.1 Å². The normalized spacial score (nSPS) is 12.8. The first-order chi connectivity index (χ1) is 8.63. The Balaban J connectivity index is 2.24. The van der Waals surface area contributed by atoms with Crippen LogP contribution in [0.15, 0.2) is 11.6 Å². The van der Waals surface area contributed by atoms with E-state index in [-0.39, 0.29) is 16.8 Å². The van der Waals surface area contributed by atoms with E-state index in [9.17, 15) is 10.1 Å². The predicted octanol–water partition coefficient (Wildman–Crippen LogP) is 3.29. The van der Waals surface area contributed by atoms with Crippen LogP contribution in [0.25, 0.3) is 4.96 Å². The van der Waals surface area contributed by atoms with Gasteiger partial charge in [-0.25, -0.2) is 0 Å². The van der Waals surface area contributed by atoms with Crippen molar-refractivity contribution in [2.45, 2.75) is 39.2 Å². The van der Waals surface area contributed by atoms with Gasteiger partial charge >= 0.3 is 5.82 Å². The molecule has 0 aliphatic carbocycles. The molecule has 0 aliphatic rings. The van der Waals surface area contributed by atoms with Crippen molar-refractivity contribution in [1.82, 2.24) is 9.38 Å². The quantitative estimate of drug-likeness (QED) is 0.644. The Kier molecular flexibility index (Phi) is 3.81. The number of nitrogens with one attached hydrogen (secondary N) is 1. The van der Waals surface area contributed by atoms with E-state index in [0.29, 0.717) is 10.8 Å². The maximum absolute atomic E-state index is 11.1. The minimum absolute atomic E-state index is 0.0228. The summed E-state index contributed by atoms with van der Waals surface area (Å²) in [5, 5.41) is 16.0. The molecule has 2 aromatic rings. The molecular formula is C11H16N4O2S. The van der Waals surface area contributed by atoms with Crippen LogP contribution in [0.1, 0.15) is 33.1 Å². The Morgan fingerprint density at radius 2 is 2.44 bits per heavy atom. The monoisotopic (exact) mass is 268 g/mol. The lowest BCUT2D eigenvalue weighted by molar-refractivity contribution is -0.389. The van der Waals surface area contributed by atoms with Crippen LogP contribution in [-0.4, -0.2) is 20.3 Å². The average Bonchev–Trinajstić information content (AvgIpc) is 2.85. The largest absolute Gasteiger partial charge is 0.372 e. The van der Waals surface area contributed by atoms with Crippen LogP contribution in [0.5, 0.6) is 0 Å². The van der Waals surface area contributed by atoms with Gasteiger partial charge in [0.2, 0.25) is 5.82 Å². The molecule has 1 unspecified atom stereocenters. The molecule has 0 bridgehead atoms. The molecule has 6 nitrogen and oxygen atoms in total. The molecule has 0 radical (unpaired) electrons. The van der Waals surface area contributed by atoms with Crippen LogP contribution in [0.3, 0.4) is 0 Å². The van der Waals surface area contributed by atoms with Crippen molar-refractivity contribution in [3.05, 3.63) is 21.7 Å². The van der Waals surface area contributed by atoms with E-state index in [1.165, 1.54) is 15.7 Å². The maximum atomic E-state index is 11.1. The summed E-state index contributed by atoms with van der Waals surface area (Å²) in [6, 6.07) is 0.188. The van der Waals surface area contributed by atoms with Crippen molar-refractivity contribution in [1.29, 1.82) is 0 Å². The smallest absolute Gasteiger partial charge is 0.360 e. The molecule has 0 fully saturated rings. The summed E-state index contributed by atoms with van der Waals surface area (Å²) in [5.74, 6) is 0.394. The van der Waals surface area contributed by atoms with E-state index in [1.807, 2.05) is 6.92 Å². The van der Waals surface area contributed by atoms with Gasteiger partial charge in [-0.3, -0.25) is 0 Å². The van der Waals surface area contributed by atoms with Gasteiger partial charge in [0.05, 0.1) is 0 Å². The number of imidazole rings is 1. The van der Waals surface area contributed by atoms with E-state index in [0.717, 1.165) is 19.3 Å². The van der Waals surface area contributed by atoms with E-state index < -0.39 is 0 Å². The topological polar surface area (TPSA) is 72.5 Å². The van der Waals surface area contributed by atoms with E-state index in [2.05, 4.69) is 17.2 Å². The highest BCUT2D eigenvalue weighted by atomic mass is 32.1. The minimum atomic E-state index is -0.387. The highest BCUT2D eigenvalue weighted by Gasteiger charge is 2.24. The lowest BCUT2D eigenvalue weighted by Gasteiger charge is -2.11. The van der Waals surface area contributed by atoms with Crippen molar-refractivity contribution < 1.29 is 4.92 Å². The van der Waals surface area contributed by atoms with Gasteiger partial charge in [-0.15, -0.1) is 0 Å². The van der Waals surface area contributed by atoms with Gasteiger partial charge in [0.15, 0.2) is 0 Å². The van der Waals surface area contributed by atoms with E-state index in [4.69, 9.17) is 0 Å². The van der Waals surface area contributed by atoms with Gasteiger partial charge in [-0.2, -0.15) is 9.38 Å². The molecule has 18 heavy (non-hydrogen) atoms. The molecule has 0 aromatic carbocycles. The van der Waals surface area contributed by atoms with Crippen LogP contribution in [0.4, 0.5) is 11.6 Å². The summed E-state index contributed by atoms with van der Waals surface area (Å²) in [5.41, 5.74) is 0. The summed E-state index contributed by atoms with van der Waals surface area (Å²) < 4.78 is 1.51. The second-order valence-electron chi connectivity index (χ2n) is 4.28. The number of rotatable bonds is 6. The molecule has 0 saturated heterocycles. The van der Waals surface area contributed by atoms with Crippen LogP contribution in [0, 0.1) is 10.1 Å². The minimum Gasteiger partial charge on any atom is -0.360 e. The van der Waals surface area contributed by atoms with Gasteiger partial charge in [0.1, 0.15) is 6.20 Å². The molecule has 1 atom stereocenters. The van der Waals surface area contributed by atoms with Crippen LogP contribution >= 0.6 is 11.3 Å². The average molecular weight is 268 g/mol. The van der Waals surface area contributed by atoms with Crippen LogP contribution in [0.2, 0.25) is 0 Å². The Labute approximate surface area is 109 Å². The molecule has 2 rings (SSSR count).